The summed E-state index contributed by atoms with van der Waals surface area (Å²) in [7, 11) is 0. The predicted molar refractivity (Wildman–Crippen MR) is 99.8 cm³/mol. The summed E-state index contributed by atoms with van der Waals surface area (Å²) in [6, 6.07) is 6.05. The lowest BCUT2D eigenvalue weighted by Gasteiger charge is -2.08. The Labute approximate surface area is 164 Å². The molecule has 28 heavy (non-hydrogen) atoms. The van der Waals surface area contributed by atoms with E-state index in [9.17, 15) is 23.5 Å². The SMILES string of the molecule is CCOC(=O)Cc1c(C)n(C(=O)c2ccc(Cl)c(F)c2)c2ccc(O)c(F)c12. The minimum atomic E-state index is -0.950. The van der Waals surface area contributed by atoms with Gasteiger partial charge < -0.3 is 9.84 Å². The number of halogens is 3. The summed E-state index contributed by atoms with van der Waals surface area (Å²) in [5.41, 5.74) is 0.642. The van der Waals surface area contributed by atoms with Gasteiger partial charge >= 0.3 is 5.97 Å². The normalized spacial score (nSPS) is 11.0. The standard InChI is InChI=1S/C20H16ClF2NO4/c1-3-28-17(26)9-12-10(2)24(15-6-7-16(25)19(23)18(12)15)20(27)11-4-5-13(21)14(22)8-11/h4-8,25H,3,9H2,1-2H3. The molecule has 0 radical (unpaired) electrons. The first-order chi connectivity index (χ1) is 13.3. The number of esters is 1. The van der Waals surface area contributed by atoms with E-state index in [1.165, 1.54) is 29.7 Å². The van der Waals surface area contributed by atoms with Crippen molar-refractivity contribution >= 4 is 34.4 Å². The monoisotopic (exact) mass is 407 g/mol. The van der Waals surface area contributed by atoms with Gasteiger partial charge in [0.15, 0.2) is 11.6 Å². The topological polar surface area (TPSA) is 68.5 Å². The van der Waals surface area contributed by atoms with Gasteiger partial charge in [-0.3, -0.25) is 14.2 Å². The Morgan fingerprint density at radius 3 is 2.57 bits per heavy atom. The van der Waals surface area contributed by atoms with Crippen LogP contribution in [0.2, 0.25) is 5.02 Å². The Kier molecular flexibility index (Phi) is 5.38. The summed E-state index contributed by atoms with van der Waals surface area (Å²) in [6.45, 7) is 3.32. The summed E-state index contributed by atoms with van der Waals surface area (Å²) in [4.78, 5) is 25.0. The van der Waals surface area contributed by atoms with E-state index in [1.807, 2.05) is 0 Å². The lowest BCUT2D eigenvalue weighted by molar-refractivity contribution is -0.142. The average Bonchev–Trinajstić information content (AvgIpc) is 2.92. The second kappa shape index (κ2) is 7.59. The summed E-state index contributed by atoms with van der Waals surface area (Å²) >= 11 is 5.67. The lowest BCUT2D eigenvalue weighted by atomic mass is 10.1. The zero-order chi connectivity index (χ0) is 20.6. The maximum Gasteiger partial charge on any atom is 0.310 e. The number of fused-ring (bicyclic) bond motifs is 1. The second-order valence-corrected chi connectivity index (χ2v) is 6.52. The molecule has 0 unspecified atom stereocenters. The van der Waals surface area contributed by atoms with Crippen molar-refractivity contribution < 1.29 is 28.2 Å². The van der Waals surface area contributed by atoms with Crippen LogP contribution in [0.4, 0.5) is 8.78 Å². The van der Waals surface area contributed by atoms with E-state index in [2.05, 4.69) is 0 Å². The molecule has 5 nitrogen and oxygen atoms in total. The van der Waals surface area contributed by atoms with Crippen molar-refractivity contribution in [1.29, 1.82) is 0 Å². The van der Waals surface area contributed by atoms with E-state index in [1.54, 1.807) is 6.92 Å². The minimum absolute atomic E-state index is 0.00179. The molecule has 1 aromatic heterocycles. The van der Waals surface area contributed by atoms with Crippen molar-refractivity contribution in [1.82, 2.24) is 4.57 Å². The quantitative estimate of drug-likeness (QED) is 0.652. The van der Waals surface area contributed by atoms with Crippen molar-refractivity contribution in [3.63, 3.8) is 0 Å². The van der Waals surface area contributed by atoms with Crippen molar-refractivity contribution in [2.45, 2.75) is 20.3 Å². The van der Waals surface area contributed by atoms with Gasteiger partial charge in [-0.15, -0.1) is 0 Å². The highest BCUT2D eigenvalue weighted by atomic mass is 35.5. The Morgan fingerprint density at radius 1 is 1.21 bits per heavy atom. The van der Waals surface area contributed by atoms with Crippen LogP contribution in [-0.4, -0.2) is 28.2 Å². The minimum Gasteiger partial charge on any atom is -0.505 e. The molecule has 146 valence electrons. The Bertz CT molecular complexity index is 1110. The first kappa shape index (κ1) is 19.8. The fraction of sp³-hybridized carbons (Fsp3) is 0.200. The van der Waals surface area contributed by atoms with Gasteiger partial charge in [-0.05, 0) is 49.7 Å². The van der Waals surface area contributed by atoms with Crippen molar-refractivity contribution in [3.05, 3.63) is 63.8 Å². The highest BCUT2D eigenvalue weighted by Crippen LogP contribution is 2.34. The average molecular weight is 408 g/mol. The molecule has 3 rings (SSSR count). The Morgan fingerprint density at radius 2 is 1.93 bits per heavy atom. The van der Waals surface area contributed by atoms with E-state index in [-0.39, 0.29) is 45.8 Å². The third-order valence-electron chi connectivity index (χ3n) is 4.41. The van der Waals surface area contributed by atoms with Crippen LogP contribution in [0.25, 0.3) is 10.9 Å². The number of carbonyl (C=O) groups is 2. The molecule has 0 amide bonds. The molecular formula is C20H16ClF2NO4. The number of hydrogen-bond acceptors (Lipinski definition) is 4. The third kappa shape index (κ3) is 3.33. The number of aromatic nitrogens is 1. The molecule has 0 aliphatic carbocycles. The Hall–Kier alpha value is -2.93. The zero-order valence-corrected chi connectivity index (χ0v) is 15.8. The van der Waals surface area contributed by atoms with E-state index in [4.69, 9.17) is 16.3 Å². The number of aromatic hydroxyl groups is 1. The summed E-state index contributed by atoms with van der Waals surface area (Å²) < 4.78 is 34.6. The second-order valence-electron chi connectivity index (χ2n) is 6.11. The Balaban J connectivity index is 2.24. The highest BCUT2D eigenvalue weighted by Gasteiger charge is 2.25. The highest BCUT2D eigenvalue weighted by molar-refractivity contribution is 6.30. The molecule has 0 aliphatic rings. The van der Waals surface area contributed by atoms with Gasteiger partial charge in [-0.2, -0.15) is 0 Å². The van der Waals surface area contributed by atoms with Gasteiger partial charge in [0.05, 0.1) is 23.6 Å². The summed E-state index contributed by atoms with van der Waals surface area (Å²) in [5.74, 6) is -3.55. The van der Waals surface area contributed by atoms with E-state index in [0.29, 0.717) is 0 Å². The number of benzene rings is 2. The molecule has 0 saturated heterocycles. The van der Waals surface area contributed by atoms with E-state index in [0.717, 1.165) is 12.1 Å². The number of ether oxygens (including phenoxy) is 1. The molecule has 8 heteroatoms. The van der Waals surface area contributed by atoms with E-state index < -0.39 is 29.3 Å². The summed E-state index contributed by atoms with van der Waals surface area (Å²) in [5, 5.41) is 9.56. The van der Waals surface area contributed by atoms with Crippen LogP contribution in [0.15, 0.2) is 30.3 Å². The zero-order valence-electron chi connectivity index (χ0n) is 15.1. The van der Waals surface area contributed by atoms with Crippen LogP contribution >= 0.6 is 11.6 Å². The van der Waals surface area contributed by atoms with Crippen LogP contribution in [0.1, 0.15) is 28.5 Å². The third-order valence-corrected chi connectivity index (χ3v) is 4.72. The van der Waals surface area contributed by atoms with Crippen molar-refractivity contribution in [2.75, 3.05) is 6.61 Å². The number of phenolic OH excluding ortho intramolecular Hbond substituents is 1. The fourth-order valence-corrected chi connectivity index (χ4v) is 3.24. The van der Waals surface area contributed by atoms with Gasteiger partial charge in [-0.1, -0.05) is 11.6 Å². The number of nitrogens with zero attached hydrogens (tertiary/aromatic N) is 1. The molecule has 0 bridgehead atoms. The molecule has 0 atom stereocenters. The van der Waals surface area contributed by atoms with Gasteiger partial charge in [0.1, 0.15) is 5.82 Å². The molecule has 0 spiro atoms. The van der Waals surface area contributed by atoms with E-state index >= 15 is 0 Å². The maximum atomic E-state index is 14.7. The largest absolute Gasteiger partial charge is 0.505 e. The number of hydrogen-bond donors (Lipinski definition) is 1. The van der Waals surface area contributed by atoms with Gasteiger partial charge in [0.2, 0.25) is 0 Å². The van der Waals surface area contributed by atoms with Crippen molar-refractivity contribution in [2.24, 2.45) is 0 Å². The van der Waals surface area contributed by atoms with Crippen LogP contribution < -0.4 is 0 Å². The first-order valence-corrected chi connectivity index (χ1v) is 8.80. The van der Waals surface area contributed by atoms with Gasteiger partial charge in [0.25, 0.3) is 5.91 Å². The smallest absolute Gasteiger partial charge is 0.310 e. The van der Waals surface area contributed by atoms with Gasteiger partial charge in [0, 0.05) is 16.6 Å². The molecule has 0 saturated carbocycles. The maximum absolute atomic E-state index is 14.7. The van der Waals surface area contributed by atoms with Crippen LogP contribution in [-0.2, 0) is 16.0 Å². The molecule has 2 aromatic carbocycles. The van der Waals surface area contributed by atoms with Crippen LogP contribution in [0.5, 0.6) is 5.75 Å². The lowest BCUT2D eigenvalue weighted by Crippen LogP contribution is -2.15. The van der Waals surface area contributed by atoms with Crippen LogP contribution in [0, 0.1) is 18.6 Å². The molecule has 0 aliphatic heterocycles. The fourth-order valence-electron chi connectivity index (χ4n) is 3.12. The first-order valence-electron chi connectivity index (χ1n) is 8.43. The van der Waals surface area contributed by atoms with Gasteiger partial charge in [-0.25, -0.2) is 8.78 Å². The number of rotatable bonds is 4. The summed E-state index contributed by atoms with van der Waals surface area (Å²) in [6.07, 6.45) is -0.286. The predicted octanol–water partition coefficient (Wildman–Crippen LogP) is 4.38. The number of carbonyl (C=O) groups excluding carboxylic acids is 2. The molecule has 1 N–H and O–H groups in total. The molecular weight excluding hydrogens is 392 g/mol. The van der Waals surface area contributed by atoms with Crippen molar-refractivity contribution in [3.8, 4) is 5.75 Å². The molecule has 0 fully saturated rings. The molecule has 3 aromatic rings. The molecule has 1 heterocycles. The van der Waals surface area contributed by atoms with Crippen LogP contribution in [0.3, 0.4) is 0 Å². The number of phenols is 1.